The first kappa shape index (κ1) is 16.0. The molecular formula is C15H26N2O2. The molecule has 1 rings (SSSR count). The van der Waals surface area contributed by atoms with Crippen LogP contribution in [0.25, 0.3) is 0 Å². The summed E-state index contributed by atoms with van der Waals surface area (Å²) in [5.41, 5.74) is 10.6. The number of nitrogens with two attached hydrogens (primary N) is 1. The van der Waals surface area contributed by atoms with Crippen LogP contribution in [0.2, 0.25) is 0 Å². The van der Waals surface area contributed by atoms with Crippen molar-refractivity contribution in [2.45, 2.75) is 33.4 Å². The summed E-state index contributed by atoms with van der Waals surface area (Å²) in [6, 6.07) is 1.98. The second-order valence-electron chi connectivity index (χ2n) is 5.29. The topological polar surface area (TPSA) is 58.7 Å². The van der Waals surface area contributed by atoms with Gasteiger partial charge in [-0.25, -0.2) is 0 Å². The molecule has 1 aromatic carbocycles. The Labute approximate surface area is 116 Å². The molecule has 0 aliphatic carbocycles. The highest BCUT2D eigenvalue weighted by atomic mass is 16.5. The molecule has 0 heterocycles. The zero-order valence-corrected chi connectivity index (χ0v) is 12.7. The van der Waals surface area contributed by atoms with Crippen LogP contribution < -0.4 is 10.5 Å². The van der Waals surface area contributed by atoms with Crippen LogP contribution in [0.3, 0.4) is 0 Å². The summed E-state index contributed by atoms with van der Waals surface area (Å²) in [6.07, 6.45) is 0. The van der Waals surface area contributed by atoms with Crippen molar-refractivity contribution in [2.75, 3.05) is 27.3 Å². The molecule has 108 valence electrons. The second kappa shape index (κ2) is 6.89. The lowest BCUT2D eigenvalue weighted by atomic mass is 9.98. The molecular weight excluding hydrogens is 240 g/mol. The number of hydrogen-bond donors (Lipinski definition) is 2. The third-order valence-electron chi connectivity index (χ3n) is 3.53. The van der Waals surface area contributed by atoms with Crippen molar-refractivity contribution in [2.24, 2.45) is 5.73 Å². The quantitative estimate of drug-likeness (QED) is 0.816. The third kappa shape index (κ3) is 3.93. The highest BCUT2D eigenvalue weighted by Gasteiger charge is 2.15. The predicted molar refractivity (Wildman–Crippen MR) is 78.6 cm³/mol. The number of hydrogen-bond acceptors (Lipinski definition) is 4. The van der Waals surface area contributed by atoms with Gasteiger partial charge in [0.05, 0.1) is 13.7 Å². The van der Waals surface area contributed by atoms with Gasteiger partial charge in [-0.1, -0.05) is 6.07 Å². The molecule has 3 N–H and O–H groups in total. The van der Waals surface area contributed by atoms with Gasteiger partial charge in [0.25, 0.3) is 0 Å². The highest BCUT2D eigenvalue weighted by Crippen LogP contribution is 2.30. The number of rotatable bonds is 6. The predicted octanol–water partition coefficient (Wildman–Crippen LogP) is 1.37. The Bertz CT molecular complexity index is 433. The van der Waals surface area contributed by atoms with Crippen LogP contribution in [0.4, 0.5) is 0 Å². The summed E-state index contributed by atoms with van der Waals surface area (Å²) in [5, 5.41) is 9.01. The molecule has 0 fully saturated rings. The monoisotopic (exact) mass is 266 g/mol. The van der Waals surface area contributed by atoms with Crippen molar-refractivity contribution in [3.63, 3.8) is 0 Å². The van der Waals surface area contributed by atoms with Gasteiger partial charge in [0.15, 0.2) is 0 Å². The van der Waals surface area contributed by atoms with E-state index in [1.165, 1.54) is 22.3 Å². The molecule has 0 amide bonds. The van der Waals surface area contributed by atoms with Crippen LogP contribution in [0.1, 0.15) is 22.3 Å². The molecule has 0 bridgehead atoms. The highest BCUT2D eigenvalue weighted by molar-refractivity contribution is 5.49. The molecule has 0 saturated carbocycles. The lowest BCUT2D eigenvalue weighted by molar-refractivity contribution is 0.217. The van der Waals surface area contributed by atoms with Crippen molar-refractivity contribution < 1.29 is 9.84 Å². The molecule has 4 heteroatoms. The van der Waals surface area contributed by atoms with Crippen molar-refractivity contribution in [1.82, 2.24) is 4.90 Å². The van der Waals surface area contributed by atoms with Crippen LogP contribution in [0.5, 0.6) is 5.75 Å². The Morgan fingerprint density at radius 2 is 1.95 bits per heavy atom. The molecule has 1 aromatic rings. The Morgan fingerprint density at radius 1 is 1.32 bits per heavy atom. The van der Waals surface area contributed by atoms with Crippen molar-refractivity contribution in [1.29, 1.82) is 0 Å². The van der Waals surface area contributed by atoms with Crippen molar-refractivity contribution in [3.05, 3.63) is 28.3 Å². The number of benzene rings is 1. The van der Waals surface area contributed by atoms with E-state index in [0.717, 1.165) is 12.3 Å². The van der Waals surface area contributed by atoms with E-state index in [9.17, 15) is 0 Å². The van der Waals surface area contributed by atoms with Gasteiger partial charge in [0.1, 0.15) is 5.75 Å². The Hall–Kier alpha value is -1.10. The number of aliphatic hydroxyl groups is 1. The van der Waals surface area contributed by atoms with Crippen LogP contribution in [-0.2, 0) is 6.54 Å². The van der Waals surface area contributed by atoms with Gasteiger partial charge in [-0.15, -0.1) is 0 Å². The normalized spacial score (nSPS) is 12.8. The minimum atomic E-state index is -0.206. The Kier molecular flexibility index (Phi) is 5.79. The average Bonchev–Trinajstić information content (AvgIpc) is 2.36. The molecule has 0 saturated heterocycles. The van der Waals surface area contributed by atoms with E-state index in [2.05, 4.69) is 31.7 Å². The lowest BCUT2D eigenvalue weighted by Crippen LogP contribution is -2.37. The number of likely N-dealkylation sites (N-methyl/N-ethyl adjacent to an activating group) is 1. The second-order valence-corrected chi connectivity index (χ2v) is 5.29. The minimum absolute atomic E-state index is 0.00732. The van der Waals surface area contributed by atoms with E-state index < -0.39 is 0 Å². The summed E-state index contributed by atoms with van der Waals surface area (Å²) in [4.78, 5) is 2.11. The third-order valence-corrected chi connectivity index (χ3v) is 3.53. The fraction of sp³-hybridized carbons (Fsp3) is 0.600. The number of methoxy groups -OCH3 is 1. The average molecular weight is 266 g/mol. The van der Waals surface area contributed by atoms with Gasteiger partial charge in [-0.3, -0.25) is 0 Å². The van der Waals surface area contributed by atoms with Crippen molar-refractivity contribution in [3.8, 4) is 5.75 Å². The maximum atomic E-state index is 9.01. The number of nitrogens with zero attached hydrogens (tertiary/aromatic N) is 1. The molecule has 0 aliphatic rings. The summed E-state index contributed by atoms with van der Waals surface area (Å²) in [5.74, 6) is 0.960. The van der Waals surface area contributed by atoms with E-state index in [1.54, 1.807) is 7.11 Å². The molecule has 1 atom stereocenters. The standard InChI is InChI=1S/C15H26N2O2/c1-10-6-11(2)14(15(19-5)12(10)3)8-17(4)7-13(16)9-18/h6,13,18H,7-9,16H2,1-5H3. The molecule has 0 radical (unpaired) electrons. The van der Waals surface area contributed by atoms with Gasteiger partial charge >= 0.3 is 0 Å². The van der Waals surface area contributed by atoms with E-state index in [1.807, 2.05) is 7.05 Å². The van der Waals surface area contributed by atoms with Gasteiger partial charge in [-0.05, 0) is 44.5 Å². The van der Waals surface area contributed by atoms with E-state index in [0.29, 0.717) is 6.54 Å². The van der Waals surface area contributed by atoms with Gasteiger partial charge in [-0.2, -0.15) is 0 Å². The zero-order chi connectivity index (χ0) is 14.6. The smallest absolute Gasteiger partial charge is 0.126 e. The summed E-state index contributed by atoms with van der Waals surface area (Å²) >= 11 is 0. The van der Waals surface area contributed by atoms with Gasteiger partial charge in [0.2, 0.25) is 0 Å². The first-order chi connectivity index (χ1) is 8.90. The maximum absolute atomic E-state index is 9.01. The fourth-order valence-corrected chi connectivity index (χ4v) is 2.37. The van der Waals surface area contributed by atoms with E-state index >= 15 is 0 Å². The maximum Gasteiger partial charge on any atom is 0.126 e. The molecule has 0 spiro atoms. The number of ether oxygens (including phenoxy) is 1. The molecule has 1 unspecified atom stereocenters. The fourth-order valence-electron chi connectivity index (χ4n) is 2.37. The molecule has 4 nitrogen and oxygen atoms in total. The summed E-state index contributed by atoms with van der Waals surface area (Å²) in [7, 11) is 3.72. The minimum Gasteiger partial charge on any atom is -0.496 e. The Morgan fingerprint density at radius 3 is 2.47 bits per heavy atom. The summed E-state index contributed by atoms with van der Waals surface area (Å²) in [6.45, 7) is 7.71. The van der Waals surface area contributed by atoms with Gasteiger partial charge in [0, 0.05) is 24.7 Å². The van der Waals surface area contributed by atoms with Crippen LogP contribution in [0, 0.1) is 20.8 Å². The Balaban J connectivity index is 2.97. The van der Waals surface area contributed by atoms with Crippen LogP contribution in [-0.4, -0.2) is 43.4 Å². The van der Waals surface area contributed by atoms with Crippen LogP contribution >= 0.6 is 0 Å². The number of aliphatic hydroxyl groups excluding tert-OH is 1. The van der Waals surface area contributed by atoms with Crippen LogP contribution in [0.15, 0.2) is 6.07 Å². The van der Waals surface area contributed by atoms with Gasteiger partial charge < -0.3 is 20.5 Å². The largest absolute Gasteiger partial charge is 0.496 e. The molecule has 19 heavy (non-hydrogen) atoms. The molecule has 0 aliphatic heterocycles. The zero-order valence-electron chi connectivity index (χ0n) is 12.7. The first-order valence-corrected chi connectivity index (χ1v) is 6.59. The summed E-state index contributed by atoms with van der Waals surface area (Å²) < 4.78 is 5.56. The van der Waals surface area contributed by atoms with Crippen molar-refractivity contribution >= 4 is 0 Å². The first-order valence-electron chi connectivity index (χ1n) is 6.59. The van der Waals surface area contributed by atoms with E-state index in [4.69, 9.17) is 15.6 Å². The SMILES string of the molecule is COc1c(C)c(C)cc(C)c1CN(C)CC(N)CO. The lowest BCUT2D eigenvalue weighted by Gasteiger charge is -2.23. The number of aryl methyl sites for hydroxylation is 2. The van der Waals surface area contributed by atoms with E-state index in [-0.39, 0.29) is 12.6 Å². The molecule has 0 aromatic heterocycles.